The van der Waals surface area contributed by atoms with E-state index in [0.717, 1.165) is 11.3 Å². The van der Waals surface area contributed by atoms with E-state index in [0.29, 0.717) is 31.4 Å². The number of hydrogen-bond acceptors (Lipinski definition) is 4. The minimum Gasteiger partial charge on any atom is -0.382 e. The standard InChI is InChI=1S/C15H22ClNO3S/c1-12(21-14-6-4-13(16)5-7-14)15(18)17-8-3-9-20-11-10-19-2/h4-7,12H,3,8-11H2,1-2H3,(H,17,18). The monoisotopic (exact) mass is 331 g/mol. The summed E-state index contributed by atoms with van der Waals surface area (Å²) < 4.78 is 10.2. The first-order valence-corrected chi connectivity index (χ1v) is 8.16. The molecule has 1 unspecified atom stereocenters. The molecule has 1 atom stereocenters. The number of amides is 1. The molecule has 0 saturated carbocycles. The van der Waals surface area contributed by atoms with E-state index in [1.54, 1.807) is 7.11 Å². The lowest BCUT2D eigenvalue weighted by molar-refractivity contribution is -0.120. The van der Waals surface area contributed by atoms with E-state index in [1.165, 1.54) is 11.8 Å². The van der Waals surface area contributed by atoms with Crippen LogP contribution in [-0.4, -0.2) is 44.6 Å². The molecule has 0 aliphatic carbocycles. The summed E-state index contributed by atoms with van der Waals surface area (Å²) >= 11 is 7.35. The van der Waals surface area contributed by atoms with E-state index in [2.05, 4.69) is 5.32 Å². The van der Waals surface area contributed by atoms with E-state index in [9.17, 15) is 4.79 Å². The van der Waals surface area contributed by atoms with Crippen molar-refractivity contribution in [2.24, 2.45) is 0 Å². The number of benzene rings is 1. The average Bonchev–Trinajstić information content (AvgIpc) is 2.48. The van der Waals surface area contributed by atoms with Gasteiger partial charge < -0.3 is 14.8 Å². The number of thioether (sulfide) groups is 1. The molecule has 0 spiro atoms. The minimum absolute atomic E-state index is 0.0341. The highest BCUT2D eigenvalue weighted by atomic mass is 35.5. The molecular formula is C15H22ClNO3S. The third kappa shape index (κ3) is 8.31. The summed E-state index contributed by atoms with van der Waals surface area (Å²) in [5.41, 5.74) is 0. The third-order valence-electron chi connectivity index (χ3n) is 2.69. The zero-order chi connectivity index (χ0) is 15.5. The van der Waals surface area contributed by atoms with Gasteiger partial charge in [0.2, 0.25) is 5.91 Å². The largest absolute Gasteiger partial charge is 0.382 e. The van der Waals surface area contributed by atoms with Crippen LogP contribution < -0.4 is 5.32 Å². The molecule has 1 amide bonds. The summed E-state index contributed by atoms with van der Waals surface area (Å²) in [6, 6.07) is 7.48. The lowest BCUT2D eigenvalue weighted by Crippen LogP contribution is -2.32. The van der Waals surface area contributed by atoms with Crippen molar-refractivity contribution in [3.63, 3.8) is 0 Å². The molecule has 0 aliphatic rings. The predicted octanol–water partition coefficient (Wildman–Crippen LogP) is 2.99. The summed E-state index contributed by atoms with van der Waals surface area (Å²) in [5.74, 6) is 0.0341. The Morgan fingerprint density at radius 3 is 2.67 bits per heavy atom. The molecule has 1 N–H and O–H groups in total. The van der Waals surface area contributed by atoms with E-state index in [-0.39, 0.29) is 11.2 Å². The Balaban J connectivity index is 2.15. The SMILES string of the molecule is COCCOCCCNC(=O)C(C)Sc1ccc(Cl)cc1. The summed E-state index contributed by atoms with van der Waals surface area (Å²) in [6.07, 6.45) is 0.799. The molecule has 118 valence electrons. The second-order valence-electron chi connectivity index (χ2n) is 4.46. The second kappa shape index (κ2) is 10.9. The maximum absolute atomic E-state index is 11.9. The quantitative estimate of drug-likeness (QED) is 0.529. The molecule has 4 nitrogen and oxygen atoms in total. The van der Waals surface area contributed by atoms with Crippen molar-refractivity contribution in [2.75, 3.05) is 33.5 Å². The molecule has 0 radical (unpaired) electrons. The van der Waals surface area contributed by atoms with Crippen LogP contribution in [0.25, 0.3) is 0 Å². The van der Waals surface area contributed by atoms with Crippen LogP contribution in [0.2, 0.25) is 5.02 Å². The van der Waals surface area contributed by atoms with Crippen molar-refractivity contribution < 1.29 is 14.3 Å². The number of carbonyl (C=O) groups is 1. The lowest BCUT2D eigenvalue weighted by Gasteiger charge is -2.12. The highest BCUT2D eigenvalue weighted by Crippen LogP contribution is 2.24. The molecule has 1 aromatic carbocycles. The molecule has 1 rings (SSSR count). The molecule has 6 heteroatoms. The Morgan fingerprint density at radius 2 is 2.00 bits per heavy atom. The van der Waals surface area contributed by atoms with E-state index in [1.807, 2.05) is 31.2 Å². The molecule has 0 aromatic heterocycles. The summed E-state index contributed by atoms with van der Waals surface area (Å²) in [4.78, 5) is 13.0. The number of halogens is 1. The first kappa shape index (κ1) is 18.3. The third-order valence-corrected chi connectivity index (χ3v) is 4.06. The summed E-state index contributed by atoms with van der Waals surface area (Å²) in [5, 5.41) is 3.47. The van der Waals surface area contributed by atoms with Crippen molar-refractivity contribution in [3.8, 4) is 0 Å². The van der Waals surface area contributed by atoms with Crippen molar-refractivity contribution in [1.29, 1.82) is 0 Å². The van der Waals surface area contributed by atoms with Crippen molar-refractivity contribution in [3.05, 3.63) is 29.3 Å². The van der Waals surface area contributed by atoms with Gasteiger partial charge in [-0.05, 0) is 37.6 Å². The number of rotatable bonds is 10. The Kier molecular flexibility index (Phi) is 9.50. The molecule has 0 heterocycles. The fraction of sp³-hybridized carbons (Fsp3) is 0.533. The molecular weight excluding hydrogens is 310 g/mol. The molecule has 0 aliphatic heterocycles. The Labute approximate surface area is 135 Å². The lowest BCUT2D eigenvalue weighted by atomic mass is 10.4. The first-order chi connectivity index (χ1) is 10.1. The molecule has 0 saturated heterocycles. The highest BCUT2D eigenvalue weighted by molar-refractivity contribution is 8.00. The van der Waals surface area contributed by atoms with Gasteiger partial charge in [0.25, 0.3) is 0 Å². The van der Waals surface area contributed by atoms with Crippen molar-refractivity contribution >= 4 is 29.3 Å². The maximum atomic E-state index is 11.9. The van der Waals surface area contributed by atoms with Crippen LogP contribution in [0.15, 0.2) is 29.2 Å². The summed E-state index contributed by atoms with van der Waals surface area (Å²) in [7, 11) is 1.64. The van der Waals surface area contributed by atoms with Crippen LogP contribution in [0.4, 0.5) is 0 Å². The van der Waals surface area contributed by atoms with Crippen LogP contribution in [0.1, 0.15) is 13.3 Å². The van der Waals surface area contributed by atoms with Gasteiger partial charge in [0.15, 0.2) is 0 Å². The molecule has 1 aromatic rings. The van der Waals surface area contributed by atoms with Gasteiger partial charge in [-0.2, -0.15) is 0 Å². The fourth-order valence-electron chi connectivity index (χ4n) is 1.54. The number of hydrogen-bond donors (Lipinski definition) is 1. The average molecular weight is 332 g/mol. The van der Waals surface area contributed by atoms with Gasteiger partial charge in [0, 0.05) is 30.2 Å². The number of nitrogens with one attached hydrogen (secondary N) is 1. The van der Waals surface area contributed by atoms with Gasteiger partial charge in [0.05, 0.1) is 18.5 Å². The van der Waals surface area contributed by atoms with Crippen LogP contribution in [0.5, 0.6) is 0 Å². The number of ether oxygens (including phenoxy) is 2. The second-order valence-corrected chi connectivity index (χ2v) is 6.31. The van der Waals surface area contributed by atoms with Crippen LogP contribution in [0, 0.1) is 0 Å². The first-order valence-electron chi connectivity index (χ1n) is 6.90. The number of methoxy groups -OCH3 is 1. The highest BCUT2D eigenvalue weighted by Gasteiger charge is 2.13. The molecule has 21 heavy (non-hydrogen) atoms. The number of carbonyl (C=O) groups excluding carboxylic acids is 1. The van der Waals surface area contributed by atoms with Gasteiger partial charge in [-0.15, -0.1) is 11.8 Å². The molecule has 0 bridgehead atoms. The van der Waals surface area contributed by atoms with Crippen molar-refractivity contribution in [1.82, 2.24) is 5.32 Å². The zero-order valence-electron chi connectivity index (χ0n) is 12.4. The smallest absolute Gasteiger partial charge is 0.233 e. The topological polar surface area (TPSA) is 47.6 Å². The van der Waals surface area contributed by atoms with Gasteiger partial charge >= 0.3 is 0 Å². The van der Waals surface area contributed by atoms with Gasteiger partial charge in [-0.3, -0.25) is 4.79 Å². The minimum atomic E-state index is -0.138. The fourth-order valence-corrected chi connectivity index (χ4v) is 2.56. The van der Waals surface area contributed by atoms with Crippen molar-refractivity contribution in [2.45, 2.75) is 23.5 Å². The summed E-state index contributed by atoms with van der Waals surface area (Å²) in [6.45, 7) is 4.33. The van der Waals surface area contributed by atoms with Gasteiger partial charge in [0.1, 0.15) is 0 Å². The predicted molar refractivity (Wildman–Crippen MR) is 87.1 cm³/mol. The zero-order valence-corrected chi connectivity index (χ0v) is 14.0. The normalized spacial score (nSPS) is 12.1. The van der Waals surface area contributed by atoms with E-state index in [4.69, 9.17) is 21.1 Å². The van der Waals surface area contributed by atoms with Crippen LogP contribution >= 0.6 is 23.4 Å². The maximum Gasteiger partial charge on any atom is 0.233 e. The van der Waals surface area contributed by atoms with Gasteiger partial charge in [-0.1, -0.05) is 11.6 Å². The van der Waals surface area contributed by atoms with Crippen LogP contribution in [-0.2, 0) is 14.3 Å². The van der Waals surface area contributed by atoms with E-state index < -0.39 is 0 Å². The molecule has 0 fully saturated rings. The Hall–Kier alpha value is -0.750. The van der Waals surface area contributed by atoms with Crippen LogP contribution in [0.3, 0.4) is 0 Å². The van der Waals surface area contributed by atoms with E-state index >= 15 is 0 Å². The Morgan fingerprint density at radius 1 is 1.29 bits per heavy atom. The van der Waals surface area contributed by atoms with Gasteiger partial charge in [-0.25, -0.2) is 0 Å². The Bertz CT molecular complexity index is 414.